The second-order valence-electron chi connectivity index (χ2n) is 6.67. The summed E-state index contributed by atoms with van der Waals surface area (Å²) in [5.41, 5.74) is 2.10. The van der Waals surface area contributed by atoms with Crippen LogP contribution in [0.1, 0.15) is 18.2 Å². The van der Waals surface area contributed by atoms with Crippen LogP contribution in [0, 0.1) is 11.6 Å². The van der Waals surface area contributed by atoms with Crippen LogP contribution in [0.3, 0.4) is 0 Å². The average Bonchev–Trinajstić information content (AvgIpc) is 3.03. The third-order valence-corrected chi connectivity index (χ3v) is 4.98. The van der Waals surface area contributed by atoms with Crippen LogP contribution in [-0.4, -0.2) is 32.5 Å². The lowest BCUT2D eigenvalue weighted by Crippen LogP contribution is -2.48. The number of pyridine rings is 1. The van der Waals surface area contributed by atoms with E-state index in [0.717, 1.165) is 6.07 Å². The highest BCUT2D eigenvalue weighted by molar-refractivity contribution is 6.29. The molecular weight excluding hydrogens is 390 g/mol. The van der Waals surface area contributed by atoms with Crippen molar-refractivity contribution in [3.63, 3.8) is 0 Å². The topological polar surface area (TPSA) is 74.4 Å². The first-order valence-corrected chi connectivity index (χ1v) is 9.05. The number of benzene rings is 1. The van der Waals surface area contributed by atoms with E-state index in [-0.39, 0.29) is 23.9 Å². The molecule has 28 heavy (non-hydrogen) atoms. The minimum Gasteiger partial charge on any atom is -0.361 e. The molecular formula is C19H17ClF2N4O2. The lowest BCUT2D eigenvalue weighted by Gasteiger charge is -2.36. The van der Waals surface area contributed by atoms with Crippen molar-refractivity contribution in [3.05, 3.63) is 64.6 Å². The Morgan fingerprint density at radius 2 is 2.14 bits per heavy atom. The first-order chi connectivity index (χ1) is 13.4. The Morgan fingerprint density at radius 3 is 2.89 bits per heavy atom. The maximum atomic E-state index is 14.2. The Kier molecular flexibility index (Phi) is 5.01. The predicted molar refractivity (Wildman–Crippen MR) is 99.4 cm³/mol. The van der Waals surface area contributed by atoms with Crippen LogP contribution < -0.4 is 5.32 Å². The van der Waals surface area contributed by atoms with Crippen LogP contribution in [0.25, 0.3) is 11.3 Å². The Balaban J connectivity index is 1.61. The zero-order chi connectivity index (χ0) is 19.8. The summed E-state index contributed by atoms with van der Waals surface area (Å²) in [5, 5.41) is 18.0. The van der Waals surface area contributed by atoms with Crippen molar-refractivity contribution in [2.75, 3.05) is 5.32 Å². The van der Waals surface area contributed by atoms with Gasteiger partial charge in [0.15, 0.2) is 12.1 Å². The van der Waals surface area contributed by atoms with Gasteiger partial charge in [0.1, 0.15) is 16.8 Å². The lowest BCUT2D eigenvalue weighted by molar-refractivity contribution is -0.0120. The number of anilines is 1. The number of fused-ring (bicyclic) bond motifs is 1. The fourth-order valence-electron chi connectivity index (χ4n) is 3.34. The molecule has 0 spiro atoms. The highest BCUT2D eigenvalue weighted by Gasteiger charge is 2.33. The molecule has 2 atom stereocenters. The van der Waals surface area contributed by atoms with E-state index in [2.05, 4.69) is 15.5 Å². The number of hydrogen-bond acceptors (Lipinski definition) is 6. The second kappa shape index (κ2) is 7.46. The van der Waals surface area contributed by atoms with Crippen LogP contribution >= 0.6 is 11.6 Å². The molecule has 1 aliphatic heterocycles. The van der Waals surface area contributed by atoms with Gasteiger partial charge in [-0.2, -0.15) is 0 Å². The van der Waals surface area contributed by atoms with Crippen molar-refractivity contribution < 1.29 is 18.4 Å². The van der Waals surface area contributed by atoms with Gasteiger partial charge in [0.2, 0.25) is 0 Å². The Labute approximate surface area is 164 Å². The van der Waals surface area contributed by atoms with Crippen molar-refractivity contribution in [2.45, 2.75) is 32.3 Å². The Morgan fingerprint density at radius 1 is 1.32 bits per heavy atom. The summed E-state index contributed by atoms with van der Waals surface area (Å²) in [5.74, 6) is -1.15. The molecule has 0 aliphatic carbocycles. The molecule has 0 radical (unpaired) electrons. The molecule has 0 bridgehead atoms. The van der Waals surface area contributed by atoms with E-state index in [0.29, 0.717) is 28.5 Å². The van der Waals surface area contributed by atoms with E-state index in [9.17, 15) is 13.9 Å². The largest absolute Gasteiger partial charge is 0.361 e. The van der Waals surface area contributed by atoms with E-state index in [1.54, 1.807) is 17.0 Å². The third kappa shape index (κ3) is 3.58. The average molecular weight is 407 g/mol. The van der Waals surface area contributed by atoms with Crippen molar-refractivity contribution in [3.8, 4) is 11.3 Å². The minimum atomic E-state index is -1.03. The van der Waals surface area contributed by atoms with E-state index >= 15 is 0 Å². The van der Waals surface area contributed by atoms with Gasteiger partial charge >= 0.3 is 0 Å². The SMILES string of the molecule is CC1Cc2noc(-c3ccc(F)cc3F)c2CN1C(O)Nc1ccnc(Cl)c1. The quantitative estimate of drug-likeness (QED) is 0.507. The van der Waals surface area contributed by atoms with E-state index < -0.39 is 18.0 Å². The summed E-state index contributed by atoms with van der Waals surface area (Å²) < 4.78 is 32.8. The summed E-state index contributed by atoms with van der Waals surface area (Å²) >= 11 is 5.88. The van der Waals surface area contributed by atoms with Gasteiger partial charge < -0.3 is 14.9 Å². The van der Waals surface area contributed by atoms with Crippen LogP contribution in [0.4, 0.5) is 14.5 Å². The van der Waals surface area contributed by atoms with E-state index in [4.69, 9.17) is 16.1 Å². The number of hydrogen-bond donors (Lipinski definition) is 2. The number of halogens is 3. The summed E-state index contributed by atoms with van der Waals surface area (Å²) in [6.45, 7) is 2.22. The molecule has 146 valence electrons. The number of aromatic nitrogens is 2. The molecule has 2 unspecified atom stereocenters. The Bertz CT molecular complexity index is 1010. The van der Waals surface area contributed by atoms with Gasteiger partial charge in [-0.15, -0.1) is 0 Å². The maximum Gasteiger partial charge on any atom is 0.184 e. The number of aliphatic hydroxyl groups is 1. The monoisotopic (exact) mass is 406 g/mol. The van der Waals surface area contributed by atoms with Crippen LogP contribution in [0.15, 0.2) is 41.1 Å². The Hall–Kier alpha value is -2.55. The zero-order valence-corrected chi connectivity index (χ0v) is 15.6. The van der Waals surface area contributed by atoms with Gasteiger partial charge in [0, 0.05) is 42.5 Å². The van der Waals surface area contributed by atoms with Crippen molar-refractivity contribution in [1.82, 2.24) is 15.0 Å². The van der Waals surface area contributed by atoms with Crippen LogP contribution in [0.5, 0.6) is 0 Å². The van der Waals surface area contributed by atoms with E-state index in [1.165, 1.54) is 18.3 Å². The summed E-state index contributed by atoms with van der Waals surface area (Å²) in [7, 11) is 0. The fourth-order valence-corrected chi connectivity index (χ4v) is 3.51. The van der Waals surface area contributed by atoms with Crippen LogP contribution in [-0.2, 0) is 13.0 Å². The molecule has 6 nitrogen and oxygen atoms in total. The van der Waals surface area contributed by atoms with Crippen LogP contribution in [0.2, 0.25) is 5.15 Å². The molecule has 0 saturated heterocycles. The summed E-state index contributed by atoms with van der Waals surface area (Å²) in [6, 6.07) is 6.53. The molecule has 0 fully saturated rings. The summed E-state index contributed by atoms with van der Waals surface area (Å²) in [6.07, 6.45) is 1.02. The van der Waals surface area contributed by atoms with Gasteiger partial charge in [0.05, 0.1) is 11.3 Å². The smallest absolute Gasteiger partial charge is 0.184 e. The minimum absolute atomic E-state index is 0.0525. The van der Waals surface area contributed by atoms with Gasteiger partial charge in [0.25, 0.3) is 0 Å². The number of aliphatic hydroxyl groups excluding tert-OH is 1. The second-order valence-corrected chi connectivity index (χ2v) is 7.06. The fraction of sp³-hybridized carbons (Fsp3) is 0.263. The molecule has 2 aromatic heterocycles. The van der Waals surface area contributed by atoms with Crippen molar-refractivity contribution in [2.24, 2.45) is 0 Å². The number of nitrogens with one attached hydrogen (secondary N) is 1. The van der Waals surface area contributed by atoms with Crippen molar-refractivity contribution >= 4 is 17.3 Å². The molecule has 0 saturated carbocycles. The molecule has 3 heterocycles. The van der Waals surface area contributed by atoms with Gasteiger partial charge in [-0.1, -0.05) is 16.8 Å². The third-order valence-electron chi connectivity index (χ3n) is 4.78. The number of nitrogens with zero attached hydrogens (tertiary/aromatic N) is 3. The highest BCUT2D eigenvalue weighted by atomic mass is 35.5. The zero-order valence-electron chi connectivity index (χ0n) is 14.9. The standard InChI is InChI=1S/C19H17ClF2N4O2/c1-10-6-16-14(18(28-25-16)13-3-2-11(21)7-15(13)22)9-26(10)19(27)24-12-4-5-23-17(20)8-12/h2-5,7-8,10,19,27H,6,9H2,1H3,(H,23,24). The lowest BCUT2D eigenvalue weighted by atomic mass is 9.97. The molecule has 0 amide bonds. The molecule has 1 aliphatic rings. The first kappa shape index (κ1) is 18.8. The first-order valence-electron chi connectivity index (χ1n) is 8.67. The van der Waals surface area contributed by atoms with Gasteiger partial charge in [-0.05, 0) is 31.2 Å². The molecule has 2 N–H and O–H groups in total. The normalized spacial score (nSPS) is 18.0. The molecule has 9 heteroatoms. The van der Waals surface area contributed by atoms with Gasteiger partial charge in [-0.3, -0.25) is 4.90 Å². The highest BCUT2D eigenvalue weighted by Crippen LogP contribution is 2.34. The molecule has 3 aromatic rings. The van der Waals surface area contributed by atoms with Gasteiger partial charge in [-0.25, -0.2) is 13.8 Å². The maximum absolute atomic E-state index is 14.2. The summed E-state index contributed by atoms with van der Waals surface area (Å²) in [4.78, 5) is 5.69. The van der Waals surface area contributed by atoms with Crippen molar-refractivity contribution in [1.29, 1.82) is 0 Å². The molecule has 1 aromatic carbocycles. The van der Waals surface area contributed by atoms with E-state index in [1.807, 2.05) is 6.92 Å². The predicted octanol–water partition coefficient (Wildman–Crippen LogP) is 3.80. The molecule has 4 rings (SSSR count). The number of rotatable bonds is 4.